The van der Waals surface area contributed by atoms with Gasteiger partial charge in [0.1, 0.15) is 5.54 Å². The van der Waals surface area contributed by atoms with Crippen LogP contribution in [0.4, 0.5) is 0 Å². The molecule has 1 rings (SSSR count). The summed E-state index contributed by atoms with van der Waals surface area (Å²) in [5.74, 6) is 0. The molecule has 1 saturated heterocycles. The standard InChI is InChI=1S/C12H22N2O2/c1-9-5-11(6-10(2)16-9)15-8-12(3,7-13)14-4/h9-11,14H,5-6,8H2,1-4H3. The van der Waals surface area contributed by atoms with Crippen molar-refractivity contribution in [2.75, 3.05) is 13.7 Å². The van der Waals surface area contributed by atoms with Gasteiger partial charge in [0.05, 0.1) is 31.0 Å². The van der Waals surface area contributed by atoms with Crippen LogP contribution in [0, 0.1) is 11.3 Å². The van der Waals surface area contributed by atoms with Crippen molar-refractivity contribution >= 4 is 0 Å². The number of ether oxygens (including phenoxy) is 2. The van der Waals surface area contributed by atoms with Gasteiger partial charge in [-0.1, -0.05) is 0 Å². The molecule has 0 saturated carbocycles. The zero-order valence-electron chi connectivity index (χ0n) is 10.6. The van der Waals surface area contributed by atoms with Crippen LogP contribution in [0.2, 0.25) is 0 Å². The van der Waals surface area contributed by atoms with Gasteiger partial charge in [-0.25, -0.2) is 0 Å². The summed E-state index contributed by atoms with van der Waals surface area (Å²) in [6.07, 6.45) is 2.53. The van der Waals surface area contributed by atoms with E-state index in [4.69, 9.17) is 14.7 Å². The molecule has 3 atom stereocenters. The Hall–Kier alpha value is -0.630. The number of nitriles is 1. The average Bonchev–Trinajstić information content (AvgIpc) is 2.25. The van der Waals surface area contributed by atoms with Gasteiger partial charge in [-0.15, -0.1) is 0 Å². The van der Waals surface area contributed by atoms with Gasteiger partial charge >= 0.3 is 0 Å². The Morgan fingerprint density at radius 3 is 2.44 bits per heavy atom. The first-order valence-corrected chi connectivity index (χ1v) is 5.86. The molecule has 3 unspecified atom stereocenters. The van der Waals surface area contributed by atoms with E-state index in [1.807, 2.05) is 6.92 Å². The summed E-state index contributed by atoms with van der Waals surface area (Å²) in [4.78, 5) is 0. The molecule has 0 aliphatic carbocycles. The van der Waals surface area contributed by atoms with Crippen LogP contribution in [0.25, 0.3) is 0 Å². The van der Waals surface area contributed by atoms with Crippen molar-refractivity contribution in [2.24, 2.45) is 0 Å². The monoisotopic (exact) mass is 226 g/mol. The summed E-state index contributed by atoms with van der Waals surface area (Å²) in [6, 6.07) is 2.22. The first-order valence-electron chi connectivity index (χ1n) is 5.86. The largest absolute Gasteiger partial charge is 0.375 e. The third-order valence-electron chi connectivity index (χ3n) is 3.06. The summed E-state index contributed by atoms with van der Waals surface area (Å²) in [5.41, 5.74) is -0.592. The predicted octanol–water partition coefficient (Wildman–Crippen LogP) is 1.46. The molecule has 0 aromatic rings. The maximum absolute atomic E-state index is 9.00. The van der Waals surface area contributed by atoms with Crippen molar-refractivity contribution in [1.29, 1.82) is 5.26 Å². The second-order valence-corrected chi connectivity index (χ2v) is 4.86. The van der Waals surface area contributed by atoms with Gasteiger partial charge in [-0.05, 0) is 40.7 Å². The second-order valence-electron chi connectivity index (χ2n) is 4.86. The molecule has 4 heteroatoms. The van der Waals surface area contributed by atoms with Crippen molar-refractivity contribution in [1.82, 2.24) is 5.32 Å². The van der Waals surface area contributed by atoms with E-state index >= 15 is 0 Å². The van der Waals surface area contributed by atoms with Gasteiger partial charge in [0.2, 0.25) is 0 Å². The first kappa shape index (κ1) is 13.4. The molecule has 1 aliphatic rings. The van der Waals surface area contributed by atoms with Gasteiger partial charge in [0, 0.05) is 0 Å². The lowest BCUT2D eigenvalue weighted by molar-refractivity contribution is -0.106. The smallest absolute Gasteiger partial charge is 0.127 e. The Morgan fingerprint density at radius 1 is 1.44 bits per heavy atom. The fourth-order valence-electron chi connectivity index (χ4n) is 1.93. The van der Waals surface area contributed by atoms with Crippen LogP contribution in [0.15, 0.2) is 0 Å². The quantitative estimate of drug-likeness (QED) is 0.788. The number of nitrogens with zero attached hydrogens (tertiary/aromatic N) is 1. The van der Waals surface area contributed by atoms with Crippen molar-refractivity contribution in [3.63, 3.8) is 0 Å². The minimum absolute atomic E-state index is 0.208. The van der Waals surface area contributed by atoms with Gasteiger partial charge < -0.3 is 14.8 Å². The molecule has 0 radical (unpaired) electrons. The summed E-state index contributed by atoms with van der Waals surface area (Å²) in [7, 11) is 1.78. The topological polar surface area (TPSA) is 54.3 Å². The van der Waals surface area contributed by atoms with Crippen LogP contribution in [-0.4, -0.2) is 37.5 Å². The molecule has 0 aromatic carbocycles. The summed E-state index contributed by atoms with van der Waals surface area (Å²) < 4.78 is 11.4. The van der Waals surface area contributed by atoms with Crippen LogP contribution in [0.3, 0.4) is 0 Å². The molecule has 1 aliphatic heterocycles. The number of likely N-dealkylation sites (N-methyl/N-ethyl adjacent to an activating group) is 1. The molecule has 1 fully saturated rings. The van der Waals surface area contributed by atoms with E-state index in [0.29, 0.717) is 6.61 Å². The molecular weight excluding hydrogens is 204 g/mol. The highest BCUT2D eigenvalue weighted by atomic mass is 16.5. The number of nitrogens with one attached hydrogen (secondary N) is 1. The van der Waals surface area contributed by atoms with E-state index in [1.165, 1.54) is 0 Å². The summed E-state index contributed by atoms with van der Waals surface area (Å²) in [5, 5.41) is 12.0. The lowest BCUT2D eigenvalue weighted by Crippen LogP contribution is -2.45. The average molecular weight is 226 g/mol. The maximum atomic E-state index is 9.00. The molecule has 0 bridgehead atoms. The lowest BCUT2D eigenvalue weighted by Gasteiger charge is -2.33. The lowest BCUT2D eigenvalue weighted by atomic mass is 10.0. The number of hydrogen-bond acceptors (Lipinski definition) is 4. The highest BCUT2D eigenvalue weighted by molar-refractivity contribution is 5.03. The number of hydrogen-bond donors (Lipinski definition) is 1. The van der Waals surface area contributed by atoms with E-state index in [1.54, 1.807) is 7.05 Å². The maximum Gasteiger partial charge on any atom is 0.127 e. The van der Waals surface area contributed by atoms with Crippen molar-refractivity contribution in [2.45, 2.75) is 57.5 Å². The van der Waals surface area contributed by atoms with Gasteiger partial charge in [-0.2, -0.15) is 5.26 Å². The van der Waals surface area contributed by atoms with E-state index in [2.05, 4.69) is 25.2 Å². The van der Waals surface area contributed by atoms with Crippen LogP contribution in [0.1, 0.15) is 33.6 Å². The van der Waals surface area contributed by atoms with E-state index < -0.39 is 5.54 Å². The first-order chi connectivity index (χ1) is 7.49. The number of rotatable bonds is 4. The molecule has 1 N–H and O–H groups in total. The van der Waals surface area contributed by atoms with Gasteiger partial charge in [0.15, 0.2) is 0 Å². The summed E-state index contributed by atoms with van der Waals surface area (Å²) >= 11 is 0. The highest BCUT2D eigenvalue weighted by Crippen LogP contribution is 2.22. The Labute approximate surface area is 97.9 Å². The second kappa shape index (κ2) is 5.62. The minimum atomic E-state index is -0.592. The van der Waals surface area contributed by atoms with E-state index in [9.17, 15) is 0 Å². The molecule has 16 heavy (non-hydrogen) atoms. The molecule has 0 amide bonds. The summed E-state index contributed by atoms with van der Waals surface area (Å²) in [6.45, 7) is 6.39. The molecule has 0 spiro atoms. The molecule has 0 aromatic heterocycles. The third-order valence-corrected chi connectivity index (χ3v) is 3.06. The molecule has 4 nitrogen and oxygen atoms in total. The molecular formula is C12H22N2O2. The predicted molar refractivity (Wildman–Crippen MR) is 62.1 cm³/mol. The normalized spacial score (nSPS) is 34.1. The van der Waals surface area contributed by atoms with Crippen molar-refractivity contribution in [3.8, 4) is 6.07 Å². The SMILES string of the molecule is CNC(C)(C#N)COC1CC(C)OC(C)C1. The Morgan fingerprint density at radius 2 is 2.00 bits per heavy atom. The molecule has 92 valence electrons. The van der Waals surface area contributed by atoms with Crippen LogP contribution in [0.5, 0.6) is 0 Å². The minimum Gasteiger partial charge on any atom is -0.375 e. The Kier molecular flexibility index (Phi) is 4.72. The Bertz CT molecular complexity index is 254. The zero-order chi connectivity index (χ0) is 12.2. The van der Waals surface area contributed by atoms with Crippen LogP contribution < -0.4 is 5.32 Å². The third kappa shape index (κ3) is 3.75. The van der Waals surface area contributed by atoms with Crippen LogP contribution in [-0.2, 0) is 9.47 Å². The van der Waals surface area contributed by atoms with E-state index in [0.717, 1.165) is 12.8 Å². The van der Waals surface area contributed by atoms with Gasteiger partial charge in [0.25, 0.3) is 0 Å². The van der Waals surface area contributed by atoms with E-state index in [-0.39, 0.29) is 18.3 Å². The van der Waals surface area contributed by atoms with Crippen molar-refractivity contribution < 1.29 is 9.47 Å². The fraction of sp³-hybridized carbons (Fsp3) is 0.917. The zero-order valence-corrected chi connectivity index (χ0v) is 10.6. The van der Waals surface area contributed by atoms with Crippen molar-refractivity contribution in [3.05, 3.63) is 0 Å². The Balaban J connectivity index is 2.40. The molecule has 1 heterocycles. The highest BCUT2D eigenvalue weighted by Gasteiger charge is 2.28. The van der Waals surface area contributed by atoms with Gasteiger partial charge in [-0.3, -0.25) is 0 Å². The fourth-order valence-corrected chi connectivity index (χ4v) is 1.93. The van der Waals surface area contributed by atoms with Crippen LogP contribution >= 0.6 is 0 Å².